The summed E-state index contributed by atoms with van der Waals surface area (Å²) < 4.78 is 0.465. The van der Waals surface area contributed by atoms with E-state index in [4.69, 9.17) is 0 Å². The molecule has 0 rings (SSSR count). The monoisotopic (exact) mass is 252 g/mol. The molecule has 0 saturated carbocycles. The first kappa shape index (κ1) is 11.9. The zero-order valence-electron chi connectivity index (χ0n) is 8.88. The van der Waals surface area contributed by atoms with Crippen LogP contribution < -0.4 is 0 Å². The van der Waals surface area contributed by atoms with Gasteiger partial charge in [-0.2, -0.15) is 0 Å². The van der Waals surface area contributed by atoms with Crippen LogP contribution in [0.1, 0.15) is 6.92 Å². The number of halogens is 1. The van der Waals surface area contributed by atoms with Crippen LogP contribution in [0.5, 0.6) is 0 Å². The summed E-state index contributed by atoms with van der Waals surface area (Å²) in [5.41, 5.74) is 0. The van der Waals surface area contributed by atoms with Gasteiger partial charge in [0.25, 0.3) is 0 Å². The van der Waals surface area contributed by atoms with E-state index in [1.54, 1.807) is 0 Å². The van der Waals surface area contributed by atoms with Gasteiger partial charge < -0.3 is 0 Å². The minimum absolute atomic E-state index is 0.465. The summed E-state index contributed by atoms with van der Waals surface area (Å²) in [6.45, 7) is 17.1. The average molecular weight is 253 g/mol. The van der Waals surface area contributed by atoms with Gasteiger partial charge in [-0.05, 0) is 0 Å². The van der Waals surface area contributed by atoms with E-state index in [2.05, 4.69) is 62.1 Å². The summed E-state index contributed by atoms with van der Waals surface area (Å²) in [5, 5.41) is 0. The van der Waals surface area contributed by atoms with Gasteiger partial charge >= 0.3 is 0 Å². The quantitative estimate of drug-likeness (QED) is 0.517. The molecule has 0 heterocycles. The molecule has 0 aromatic rings. The molecular formula is C8H21BrSi2. The molecule has 0 aliphatic heterocycles. The van der Waals surface area contributed by atoms with Crippen LogP contribution in [0.2, 0.25) is 39.3 Å². The van der Waals surface area contributed by atoms with Gasteiger partial charge in [0.15, 0.2) is 0 Å². The maximum atomic E-state index is 3.95. The number of alkyl halides is 1. The summed E-state index contributed by atoms with van der Waals surface area (Å²) >= 11 is 3.95. The Morgan fingerprint density at radius 2 is 1.00 bits per heavy atom. The Morgan fingerprint density at radius 1 is 0.818 bits per heavy atom. The smallest absolute Gasteiger partial charge is 0.0596 e. The topological polar surface area (TPSA) is 0 Å². The molecule has 0 nitrogen and oxygen atoms in total. The second-order valence-electron chi connectivity index (χ2n) is 5.50. The minimum atomic E-state index is -1.04. The zero-order valence-corrected chi connectivity index (χ0v) is 12.5. The van der Waals surface area contributed by atoms with Crippen LogP contribution in [0.25, 0.3) is 0 Å². The van der Waals surface area contributed by atoms with Gasteiger partial charge in [-0.15, -0.1) is 0 Å². The molecule has 0 saturated heterocycles. The average Bonchev–Trinajstić information content (AvgIpc) is 1.58. The minimum Gasteiger partial charge on any atom is -0.0925 e. The Morgan fingerprint density at radius 3 is 1.00 bits per heavy atom. The molecule has 0 aliphatic rings. The molecule has 3 heteroatoms. The van der Waals surface area contributed by atoms with Gasteiger partial charge in [0, 0.05) is 3.57 Å². The third-order valence-electron chi connectivity index (χ3n) is 2.82. The molecule has 0 aliphatic carbocycles. The predicted molar refractivity (Wildman–Crippen MR) is 64.0 cm³/mol. The summed E-state index contributed by atoms with van der Waals surface area (Å²) in [7, 11) is -2.08. The highest BCUT2D eigenvalue weighted by Gasteiger charge is 2.46. The van der Waals surface area contributed by atoms with Gasteiger partial charge in [-0.3, -0.25) is 0 Å². The zero-order chi connectivity index (χ0) is 9.50. The van der Waals surface area contributed by atoms with E-state index < -0.39 is 16.1 Å². The van der Waals surface area contributed by atoms with Crippen molar-refractivity contribution in [3.63, 3.8) is 0 Å². The van der Waals surface area contributed by atoms with Gasteiger partial charge in [0.05, 0.1) is 16.1 Å². The van der Waals surface area contributed by atoms with Crippen molar-refractivity contribution in [3.05, 3.63) is 0 Å². The van der Waals surface area contributed by atoms with Crippen molar-refractivity contribution >= 4 is 32.1 Å². The number of rotatable bonds is 2. The summed E-state index contributed by atoms with van der Waals surface area (Å²) in [5.74, 6) is 0. The van der Waals surface area contributed by atoms with E-state index in [0.29, 0.717) is 3.57 Å². The van der Waals surface area contributed by atoms with Crippen molar-refractivity contribution in [2.24, 2.45) is 0 Å². The Kier molecular flexibility index (Phi) is 3.25. The van der Waals surface area contributed by atoms with Crippen LogP contribution in [0, 0.1) is 0 Å². The third-order valence-corrected chi connectivity index (χ3v) is 20.1. The lowest BCUT2D eigenvalue weighted by Crippen LogP contribution is -2.60. The van der Waals surface area contributed by atoms with Crippen LogP contribution in [0.3, 0.4) is 0 Å². The second kappa shape index (κ2) is 3.00. The molecule has 11 heavy (non-hydrogen) atoms. The maximum Gasteiger partial charge on any atom is 0.0596 e. The largest absolute Gasteiger partial charge is 0.0925 e. The lowest BCUT2D eigenvalue weighted by Gasteiger charge is -2.44. The second-order valence-corrected chi connectivity index (χ2v) is 20.1. The first-order valence-electron chi connectivity index (χ1n) is 4.19. The molecule has 0 unspecified atom stereocenters. The first-order valence-corrected chi connectivity index (χ1v) is 12.0. The third kappa shape index (κ3) is 2.42. The SMILES string of the molecule is CC(Br)([Si](C)(C)C)[Si](C)(C)C. The molecule has 0 N–H and O–H groups in total. The highest BCUT2D eigenvalue weighted by Crippen LogP contribution is 2.38. The fourth-order valence-corrected chi connectivity index (χ4v) is 10.1. The van der Waals surface area contributed by atoms with Crippen LogP contribution in [-0.4, -0.2) is 19.7 Å². The first-order chi connectivity index (χ1) is 4.50. The van der Waals surface area contributed by atoms with E-state index >= 15 is 0 Å². The van der Waals surface area contributed by atoms with E-state index in [1.807, 2.05) is 0 Å². The van der Waals surface area contributed by atoms with Gasteiger partial charge in [-0.25, -0.2) is 0 Å². The van der Waals surface area contributed by atoms with E-state index in [-0.39, 0.29) is 0 Å². The molecule has 0 bridgehead atoms. The lowest BCUT2D eigenvalue weighted by molar-refractivity contribution is 1.13. The van der Waals surface area contributed by atoms with Crippen molar-refractivity contribution in [2.75, 3.05) is 0 Å². The summed E-state index contributed by atoms with van der Waals surface area (Å²) in [4.78, 5) is 0. The fourth-order valence-electron chi connectivity index (χ4n) is 1.12. The fraction of sp³-hybridized carbons (Fsp3) is 1.00. The van der Waals surface area contributed by atoms with Crippen molar-refractivity contribution in [2.45, 2.75) is 49.8 Å². The Labute approximate surface area is 81.9 Å². The van der Waals surface area contributed by atoms with Crippen LogP contribution in [-0.2, 0) is 0 Å². The maximum absolute atomic E-state index is 3.95. The summed E-state index contributed by atoms with van der Waals surface area (Å²) in [6, 6.07) is 0. The standard InChI is InChI=1S/C8H21BrSi2/c1-8(9,10(2,3)4)11(5,6)7/h1-7H3. The van der Waals surface area contributed by atoms with Gasteiger partial charge in [-0.1, -0.05) is 62.1 Å². The number of hydrogen-bond donors (Lipinski definition) is 0. The van der Waals surface area contributed by atoms with Crippen molar-refractivity contribution < 1.29 is 0 Å². The van der Waals surface area contributed by atoms with E-state index in [1.165, 1.54) is 0 Å². The highest BCUT2D eigenvalue weighted by molar-refractivity contribution is 9.11. The van der Waals surface area contributed by atoms with Crippen LogP contribution >= 0.6 is 15.9 Å². The normalized spacial score (nSPS) is 15.3. The summed E-state index contributed by atoms with van der Waals surface area (Å²) in [6.07, 6.45) is 0. The van der Waals surface area contributed by atoms with E-state index in [9.17, 15) is 0 Å². The molecule has 68 valence electrons. The molecule has 0 radical (unpaired) electrons. The van der Waals surface area contributed by atoms with Crippen LogP contribution in [0.15, 0.2) is 0 Å². The highest BCUT2D eigenvalue weighted by atomic mass is 79.9. The number of hydrogen-bond acceptors (Lipinski definition) is 0. The Bertz CT molecular complexity index is 123. The van der Waals surface area contributed by atoms with Crippen molar-refractivity contribution in [1.29, 1.82) is 0 Å². The van der Waals surface area contributed by atoms with E-state index in [0.717, 1.165) is 0 Å². The van der Waals surface area contributed by atoms with Gasteiger partial charge in [0.1, 0.15) is 0 Å². The molecule has 0 aromatic carbocycles. The molecule has 0 atom stereocenters. The molecule has 0 aromatic heterocycles. The van der Waals surface area contributed by atoms with Gasteiger partial charge in [0.2, 0.25) is 0 Å². The Balaban J connectivity index is 4.75. The molecule has 0 spiro atoms. The lowest BCUT2D eigenvalue weighted by atomic mass is 10.9. The molecule has 0 fully saturated rings. The molecular weight excluding hydrogens is 232 g/mol. The van der Waals surface area contributed by atoms with Crippen molar-refractivity contribution in [3.8, 4) is 0 Å². The predicted octanol–water partition coefficient (Wildman–Crippen LogP) is 3.89. The van der Waals surface area contributed by atoms with Crippen LogP contribution in [0.4, 0.5) is 0 Å². The Hall–Kier alpha value is 0.914. The van der Waals surface area contributed by atoms with Crippen molar-refractivity contribution in [1.82, 2.24) is 0 Å². The molecule has 0 amide bonds.